The molecule has 5 heteroatoms. The highest BCUT2D eigenvalue weighted by atomic mass is 16.6. The maximum absolute atomic E-state index is 12.5. The fourth-order valence-corrected chi connectivity index (χ4v) is 2.80. The van der Waals surface area contributed by atoms with Gasteiger partial charge in [-0.2, -0.15) is 0 Å². The van der Waals surface area contributed by atoms with E-state index in [2.05, 4.69) is 6.58 Å². The van der Waals surface area contributed by atoms with E-state index in [1.54, 1.807) is 0 Å². The first-order valence-electron chi connectivity index (χ1n) is 8.06. The number of rotatable bonds is 5. The third-order valence-corrected chi connectivity index (χ3v) is 4.07. The average molecular weight is 337 g/mol. The van der Waals surface area contributed by atoms with Crippen molar-refractivity contribution in [2.75, 3.05) is 0 Å². The first-order chi connectivity index (χ1) is 12.2. The normalized spacial score (nSPS) is 19.4. The van der Waals surface area contributed by atoms with Crippen LogP contribution in [0.4, 0.5) is 9.59 Å². The van der Waals surface area contributed by atoms with E-state index < -0.39 is 24.3 Å². The Balaban J connectivity index is 1.73. The molecule has 0 bridgehead atoms. The van der Waals surface area contributed by atoms with Gasteiger partial charge in [-0.05, 0) is 23.6 Å². The van der Waals surface area contributed by atoms with Crippen LogP contribution >= 0.6 is 0 Å². The molecular weight excluding hydrogens is 318 g/mol. The van der Waals surface area contributed by atoms with Crippen LogP contribution in [-0.2, 0) is 22.5 Å². The zero-order chi connectivity index (χ0) is 17.6. The first-order valence-corrected chi connectivity index (χ1v) is 8.06. The molecule has 1 unspecified atom stereocenters. The molecular formula is C20H19NO4. The number of nitrogens with zero attached hydrogens (tertiary/aromatic N) is 1. The number of imide groups is 1. The molecule has 3 rings (SSSR count). The zero-order valence-corrected chi connectivity index (χ0v) is 13.7. The molecule has 1 fully saturated rings. The van der Waals surface area contributed by atoms with Gasteiger partial charge in [0.05, 0.1) is 6.04 Å². The highest BCUT2D eigenvalue weighted by Gasteiger charge is 2.45. The van der Waals surface area contributed by atoms with Crippen molar-refractivity contribution in [1.29, 1.82) is 0 Å². The minimum atomic E-state index is -0.709. The van der Waals surface area contributed by atoms with E-state index in [0.717, 1.165) is 16.0 Å². The summed E-state index contributed by atoms with van der Waals surface area (Å²) in [4.78, 5) is 25.7. The largest absolute Gasteiger partial charge is 0.444 e. The SMILES string of the molecule is C=CC1OC(=O)N(C(=O)OCc2ccccc2)[C@H]1Cc1ccccc1. The second-order valence-electron chi connectivity index (χ2n) is 5.75. The van der Waals surface area contributed by atoms with E-state index in [0.29, 0.717) is 6.42 Å². The molecule has 2 aromatic rings. The van der Waals surface area contributed by atoms with Gasteiger partial charge in [-0.3, -0.25) is 0 Å². The van der Waals surface area contributed by atoms with E-state index in [-0.39, 0.29) is 6.61 Å². The van der Waals surface area contributed by atoms with Crippen LogP contribution in [0.25, 0.3) is 0 Å². The predicted octanol–water partition coefficient (Wildman–Crippen LogP) is 3.94. The van der Waals surface area contributed by atoms with Crippen LogP contribution < -0.4 is 0 Å². The van der Waals surface area contributed by atoms with Crippen LogP contribution in [0.5, 0.6) is 0 Å². The molecule has 1 saturated heterocycles. The Kier molecular flexibility index (Phi) is 5.14. The van der Waals surface area contributed by atoms with Gasteiger partial charge in [-0.1, -0.05) is 67.2 Å². The molecule has 1 aliphatic rings. The second kappa shape index (κ2) is 7.66. The van der Waals surface area contributed by atoms with Crippen molar-refractivity contribution in [3.05, 3.63) is 84.4 Å². The summed E-state index contributed by atoms with van der Waals surface area (Å²) >= 11 is 0. The number of amides is 2. The summed E-state index contributed by atoms with van der Waals surface area (Å²) < 4.78 is 10.5. The Hall–Kier alpha value is -3.08. The Morgan fingerprint density at radius 3 is 2.28 bits per heavy atom. The van der Waals surface area contributed by atoms with Crippen molar-refractivity contribution in [3.63, 3.8) is 0 Å². The number of hydrogen-bond donors (Lipinski definition) is 0. The lowest BCUT2D eigenvalue weighted by molar-refractivity contribution is 0.0976. The van der Waals surface area contributed by atoms with E-state index in [9.17, 15) is 9.59 Å². The quantitative estimate of drug-likeness (QED) is 0.776. The van der Waals surface area contributed by atoms with Gasteiger partial charge in [-0.25, -0.2) is 14.5 Å². The molecule has 0 aromatic heterocycles. The van der Waals surface area contributed by atoms with Crippen LogP contribution in [-0.4, -0.2) is 29.2 Å². The van der Waals surface area contributed by atoms with Crippen molar-refractivity contribution in [2.45, 2.75) is 25.2 Å². The van der Waals surface area contributed by atoms with Crippen molar-refractivity contribution < 1.29 is 19.1 Å². The summed E-state index contributed by atoms with van der Waals surface area (Å²) in [7, 11) is 0. The molecule has 5 nitrogen and oxygen atoms in total. The predicted molar refractivity (Wildman–Crippen MR) is 92.9 cm³/mol. The molecule has 0 spiro atoms. The van der Waals surface area contributed by atoms with Gasteiger partial charge in [0, 0.05) is 0 Å². The molecule has 0 saturated carbocycles. The maximum atomic E-state index is 12.5. The molecule has 25 heavy (non-hydrogen) atoms. The summed E-state index contributed by atoms with van der Waals surface area (Å²) in [6.07, 6.45) is 0.0414. The number of hydrogen-bond acceptors (Lipinski definition) is 4. The van der Waals surface area contributed by atoms with Crippen molar-refractivity contribution >= 4 is 12.2 Å². The van der Waals surface area contributed by atoms with Gasteiger partial charge in [-0.15, -0.1) is 0 Å². The van der Waals surface area contributed by atoms with E-state index in [1.165, 1.54) is 6.08 Å². The molecule has 0 aliphatic carbocycles. The van der Waals surface area contributed by atoms with Crippen LogP contribution in [0.3, 0.4) is 0 Å². The Labute approximate surface area is 146 Å². The second-order valence-corrected chi connectivity index (χ2v) is 5.75. The number of ether oxygens (including phenoxy) is 2. The smallest absolute Gasteiger partial charge is 0.420 e. The molecule has 1 aliphatic heterocycles. The number of carbonyl (C=O) groups is 2. The fourth-order valence-electron chi connectivity index (χ4n) is 2.80. The summed E-state index contributed by atoms with van der Waals surface area (Å²) in [6.45, 7) is 3.80. The standard InChI is InChI=1S/C20H19NO4/c1-2-18-17(13-15-9-5-3-6-10-15)21(20(23)25-18)19(22)24-14-16-11-7-4-8-12-16/h2-12,17-18H,1,13-14H2/t17-,18?/m0/s1. The Morgan fingerprint density at radius 1 is 1.08 bits per heavy atom. The van der Waals surface area contributed by atoms with Crippen LogP contribution in [0.15, 0.2) is 73.3 Å². The third kappa shape index (κ3) is 3.88. The third-order valence-electron chi connectivity index (χ3n) is 4.07. The van der Waals surface area contributed by atoms with Gasteiger partial charge in [0.2, 0.25) is 0 Å². The summed E-state index contributed by atoms with van der Waals surface area (Å²) in [5.41, 5.74) is 1.85. The monoisotopic (exact) mass is 337 g/mol. The van der Waals surface area contributed by atoms with Gasteiger partial charge in [0.25, 0.3) is 0 Å². The highest BCUT2D eigenvalue weighted by molar-refractivity contribution is 5.90. The van der Waals surface area contributed by atoms with Crippen molar-refractivity contribution in [3.8, 4) is 0 Å². The average Bonchev–Trinajstić information content (AvgIpc) is 2.97. The lowest BCUT2D eigenvalue weighted by atomic mass is 10.0. The van der Waals surface area contributed by atoms with Crippen LogP contribution in [0, 0.1) is 0 Å². The number of benzene rings is 2. The zero-order valence-electron chi connectivity index (χ0n) is 13.7. The van der Waals surface area contributed by atoms with Gasteiger partial charge < -0.3 is 9.47 Å². The Bertz CT molecular complexity index is 745. The Morgan fingerprint density at radius 2 is 1.68 bits per heavy atom. The lowest BCUT2D eigenvalue weighted by Crippen LogP contribution is -2.42. The molecule has 1 heterocycles. The fraction of sp³-hybridized carbons (Fsp3) is 0.200. The van der Waals surface area contributed by atoms with Gasteiger partial charge >= 0.3 is 12.2 Å². The van der Waals surface area contributed by atoms with E-state index >= 15 is 0 Å². The highest BCUT2D eigenvalue weighted by Crippen LogP contribution is 2.25. The lowest BCUT2D eigenvalue weighted by Gasteiger charge is -2.21. The number of cyclic esters (lactones) is 1. The van der Waals surface area contributed by atoms with Gasteiger partial charge in [0.15, 0.2) is 0 Å². The van der Waals surface area contributed by atoms with E-state index in [1.807, 2.05) is 60.7 Å². The topological polar surface area (TPSA) is 55.8 Å². The van der Waals surface area contributed by atoms with Crippen LogP contribution in [0.1, 0.15) is 11.1 Å². The maximum Gasteiger partial charge on any atom is 0.420 e. The molecule has 0 radical (unpaired) electrons. The molecule has 2 aromatic carbocycles. The van der Waals surface area contributed by atoms with Crippen LogP contribution in [0.2, 0.25) is 0 Å². The summed E-state index contributed by atoms with van der Waals surface area (Å²) in [5.74, 6) is 0. The minimum absolute atomic E-state index is 0.0975. The van der Waals surface area contributed by atoms with Crippen molar-refractivity contribution in [2.24, 2.45) is 0 Å². The van der Waals surface area contributed by atoms with Gasteiger partial charge in [0.1, 0.15) is 12.7 Å². The van der Waals surface area contributed by atoms with Crippen molar-refractivity contribution in [1.82, 2.24) is 4.90 Å². The molecule has 2 atom stereocenters. The molecule has 128 valence electrons. The summed E-state index contributed by atoms with van der Waals surface area (Å²) in [6, 6.07) is 18.4. The summed E-state index contributed by atoms with van der Waals surface area (Å²) in [5, 5.41) is 0. The number of carbonyl (C=O) groups excluding carboxylic acids is 2. The molecule has 2 amide bonds. The van der Waals surface area contributed by atoms with E-state index in [4.69, 9.17) is 9.47 Å². The first kappa shape index (κ1) is 16.8. The molecule has 0 N–H and O–H groups in total. The minimum Gasteiger partial charge on any atom is -0.444 e.